The van der Waals surface area contributed by atoms with E-state index in [1.165, 1.54) is 10.9 Å². The van der Waals surface area contributed by atoms with Gasteiger partial charge in [-0.05, 0) is 37.6 Å². The number of carbonyl (C=O) groups excluding carboxylic acids is 1. The van der Waals surface area contributed by atoms with Crippen LogP contribution >= 0.6 is 0 Å². The van der Waals surface area contributed by atoms with Gasteiger partial charge in [0.15, 0.2) is 0 Å². The van der Waals surface area contributed by atoms with Crippen molar-refractivity contribution in [3.8, 4) is 11.3 Å². The van der Waals surface area contributed by atoms with Crippen molar-refractivity contribution in [3.05, 3.63) is 76.4 Å². The quantitative estimate of drug-likeness (QED) is 0.756. The van der Waals surface area contributed by atoms with Gasteiger partial charge in [0.1, 0.15) is 6.54 Å². The van der Waals surface area contributed by atoms with E-state index in [4.69, 9.17) is 0 Å². The lowest BCUT2D eigenvalue weighted by molar-refractivity contribution is -0.121. The molecule has 3 heterocycles. The normalized spacial score (nSPS) is 10.5. The molecule has 0 radical (unpaired) electrons. The Morgan fingerprint density at radius 1 is 1.15 bits per heavy atom. The van der Waals surface area contributed by atoms with Crippen LogP contribution in [0.3, 0.4) is 0 Å². The van der Waals surface area contributed by atoms with Crippen molar-refractivity contribution in [3.63, 3.8) is 0 Å². The van der Waals surface area contributed by atoms with Crippen molar-refractivity contribution < 1.29 is 4.79 Å². The fraction of sp³-hybridized carbons (Fsp3) is 0.211. The van der Waals surface area contributed by atoms with Gasteiger partial charge >= 0.3 is 0 Å². The van der Waals surface area contributed by atoms with Gasteiger partial charge in [0.05, 0.1) is 12.0 Å². The van der Waals surface area contributed by atoms with Gasteiger partial charge < -0.3 is 5.32 Å². The first-order valence-corrected chi connectivity index (χ1v) is 8.19. The zero-order valence-electron chi connectivity index (χ0n) is 14.6. The number of nitrogens with one attached hydrogen (secondary N) is 1. The lowest BCUT2D eigenvalue weighted by atomic mass is 10.1. The van der Waals surface area contributed by atoms with E-state index in [0.29, 0.717) is 17.8 Å². The molecule has 3 aromatic rings. The summed E-state index contributed by atoms with van der Waals surface area (Å²) in [5, 5.41) is 2.79. The highest BCUT2D eigenvalue weighted by Gasteiger charge is 2.08. The Morgan fingerprint density at radius 3 is 2.69 bits per heavy atom. The van der Waals surface area contributed by atoms with Crippen molar-refractivity contribution in [1.82, 2.24) is 24.8 Å². The molecule has 1 N–H and O–H groups in total. The lowest BCUT2D eigenvalue weighted by Crippen LogP contribution is -2.33. The maximum atomic E-state index is 12.1. The average Bonchev–Trinajstić information content (AvgIpc) is 2.68. The summed E-state index contributed by atoms with van der Waals surface area (Å²) in [7, 11) is 0. The van der Waals surface area contributed by atoms with Crippen molar-refractivity contribution in [1.29, 1.82) is 0 Å². The standard InChI is InChI=1S/C19H19N5O2/c1-13-14(2)23-12-24(19(13)26)11-18(25)22-9-15-5-6-17(21-8-15)16-4-3-7-20-10-16/h3-8,10,12H,9,11H2,1-2H3,(H,22,25). The Balaban J connectivity index is 1.60. The third kappa shape index (κ3) is 4.00. The molecule has 7 heteroatoms. The second kappa shape index (κ2) is 7.69. The van der Waals surface area contributed by atoms with Crippen LogP contribution in [0.1, 0.15) is 16.8 Å². The smallest absolute Gasteiger partial charge is 0.256 e. The monoisotopic (exact) mass is 349 g/mol. The Morgan fingerprint density at radius 2 is 2.00 bits per heavy atom. The molecule has 0 aliphatic rings. The maximum absolute atomic E-state index is 12.1. The number of hydrogen-bond donors (Lipinski definition) is 1. The molecular weight excluding hydrogens is 330 g/mol. The number of rotatable bonds is 5. The minimum atomic E-state index is -0.256. The number of aromatic nitrogens is 4. The van der Waals surface area contributed by atoms with Crippen molar-refractivity contribution in [2.24, 2.45) is 0 Å². The van der Waals surface area contributed by atoms with Gasteiger partial charge in [-0.3, -0.25) is 24.1 Å². The van der Waals surface area contributed by atoms with Crippen LogP contribution in [-0.2, 0) is 17.9 Å². The van der Waals surface area contributed by atoms with Crippen molar-refractivity contribution in [2.75, 3.05) is 0 Å². The highest BCUT2D eigenvalue weighted by molar-refractivity contribution is 5.75. The van der Waals surface area contributed by atoms with Crippen molar-refractivity contribution >= 4 is 5.91 Å². The van der Waals surface area contributed by atoms with Crippen LogP contribution in [-0.4, -0.2) is 25.4 Å². The average molecular weight is 349 g/mol. The number of nitrogens with zero attached hydrogens (tertiary/aromatic N) is 4. The van der Waals surface area contributed by atoms with Crippen LogP contribution in [0.4, 0.5) is 0 Å². The zero-order chi connectivity index (χ0) is 18.5. The summed E-state index contributed by atoms with van der Waals surface area (Å²) < 4.78 is 1.31. The molecule has 0 atom stereocenters. The van der Waals surface area contributed by atoms with E-state index in [-0.39, 0.29) is 18.0 Å². The van der Waals surface area contributed by atoms with Crippen LogP contribution in [0.15, 0.2) is 54.0 Å². The van der Waals surface area contributed by atoms with Gasteiger partial charge in [0, 0.05) is 42.0 Å². The molecule has 7 nitrogen and oxygen atoms in total. The van der Waals surface area contributed by atoms with Gasteiger partial charge in [-0.2, -0.15) is 0 Å². The SMILES string of the molecule is Cc1ncn(CC(=O)NCc2ccc(-c3cccnc3)nc2)c(=O)c1C. The summed E-state index contributed by atoms with van der Waals surface area (Å²) in [4.78, 5) is 36.8. The first-order chi connectivity index (χ1) is 12.5. The minimum Gasteiger partial charge on any atom is -0.350 e. The van der Waals surface area contributed by atoms with Crippen LogP contribution in [0, 0.1) is 13.8 Å². The van der Waals surface area contributed by atoms with Gasteiger partial charge in [-0.25, -0.2) is 4.98 Å². The molecule has 0 spiro atoms. The summed E-state index contributed by atoms with van der Waals surface area (Å²) in [6.45, 7) is 3.75. The third-order valence-corrected chi connectivity index (χ3v) is 4.10. The Hall–Kier alpha value is -3.35. The second-order valence-corrected chi connectivity index (χ2v) is 5.96. The van der Waals surface area contributed by atoms with Crippen LogP contribution < -0.4 is 10.9 Å². The molecule has 0 bridgehead atoms. The molecule has 0 unspecified atom stereocenters. The zero-order valence-corrected chi connectivity index (χ0v) is 14.6. The topological polar surface area (TPSA) is 89.8 Å². The van der Waals surface area contributed by atoms with E-state index in [0.717, 1.165) is 16.8 Å². The summed E-state index contributed by atoms with van der Waals surface area (Å²) in [5.74, 6) is -0.256. The molecule has 1 amide bonds. The molecular formula is C19H19N5O2. The largest absolute Gasteiger partial charge is 0.350 e. The molecule has 0 aromatic carbocycles. The minimum absolute atomic E-state index is 0.0614. The number of hydrogen-bond acceptors (Lipinski definition) is 5. The number of amides is 1. The number of aryl methyl sites for hydroxylation is 1. The summed E-state index contributed by atoms with van der Waals surface area (Å²) in [6.07, 6.45) is 6.57. The van der Waals surface area contributed by atoms with E-state index < -0.39 is 0 Å². The predicted molar refractivity (Wildman–Crippen MR) is 97.3 cm³/mol. The predicted octanol–water partition coefficient (Wildman–Crippen LogP) is 1.63. The first-order valence-electron chi connectivity index (χ1n) is 8.19. The highest BCUT2D eigenvalue weighted by atomic mass is 16.2. The van der Waals surface area contributed by atoms with Crippen molar-refractivity contribution in [2.45, 2.75) is 26.9 Å². The molecule has 132 valence electrons. The molecule has 0 saturated carbocycles. The molecule has 3 aromatic heterocycles. The Kier molecular flexibility index (Phi) is 5.17. The Bertz CT molecular complexity index is 965. The fourth-order valence-corrected chi connectivity index (χ4v) is 2.41. The van der Waals surface area contributed by atoms with Gasteiger partial charge in [-0.15, -0.1) is 0 Å². The summed E-state index contributed by atoms with van der Waals surface area (Å²) in [5.41, 5.74) is 3.65. The summed E-state index contributed by atoms with van der Waals surface area (Å²) >= 11 is 0. The maximum Gasteiger partial charge on any atom is 0.256 e. The molecule has 3 rings (SSSR count). The van der Waals surface area contributed by atoms with Crippen LogP contribution in [0.2, 0.25) is 0 Å². The molecule has 0 saturated heterocycles. The third-order valence-electron chi connectivity index (χ3n) is 4.10. The van der Waals surface area contributed by atoms with E-state index in [9.17, 15) is 9.59 Å². The first kappa shape index (κ1) is 17.5. The fourth-order valence-electron chi connectivity index (χ4n) is 2.41. The summed E-state index contributed by atoms with van der Waals surface area (Å²) in [6, 6.07) is 7.58. The number of pyridine rings is 2. The molecule has 26 heavy (non-hydrogen) atoms. The van der Waals surface area contributed by atoms with Gasteiger partial charge in [0.25, 0.3) is 5.56 Å². The molecule has 0 aliphatic heterocycles. The van der Waals surface area contributed by atoms with Gasteiger partial charge in [-0.1, -0.05) is 6.07 Å². The molecule has 0 aliphatic carbocycles. The van der Waals surface area contributed by atoms with Crippen LogP contribution in [0.5, 0.6) is 0 Å². The van der Waals surface area contributed by atoms with E-state index in [1.807, 2.05) is 24.3 Å². The van der Waals surface area contributed by atoms with E-state index in [2.05, 4.69) is 20.3 Å². The number of carbonyl (C=O) groups is 1. The van der Waals surface area contributed by atoms with E-state index in [1.54, 1.807) is 32.4 Å². The lowest BCUT2D eigenvalue weighted by Gasteiger charge is -2.09. The van der Waals surface area contributed by atoms with E-state index >= 15 is 0 Å². The van der Waals surface area contributed by atoms with Crippen LogP contribution in [0.25, 0.3) is 11.3 Å². The Labute approximate surface area is 150 Å². The second-order valence-electron chi connectivity index (χ2n) is 5.96. The highest BCUT2D eigenvalue weighted by Crippen LogP contribution is 2.14. The van der Waals surface area contributed by atoms with Gasteiger partial charge in [0.2, 0.25) is 5.91 Å². The molecule has 0 fully saturated rings.